The van der Waals surface area contributed by atoms with E-state index in [1.807, 2.05) is 24.3 Å². The second kappa shape index (κ2) is 7.26. The predicted octanol–water partition coefficient (Wildman–Crippen LogP) is 3.27. The lowest BCUT2D eigenvalue weighted by Crippen LogP contribution is -2.31. The zero-order valence-electron chi connectivity index (χ0n) is 12.9. The van der Waals surface area contributed by atoms with Crippen LogP contribution in [0.1, 0.15) is 5.56 Å². The molecule has 2 aromatic rings. The van der Waals surface area contributed by atoms with Crippen LogP contribution in [-0.2, 0) is 6.54 Å². The highest BCUT2D eigenvalue weighted by atomic mass is 16.6. The van der Waals surface area contributed by atoms with Crippen molar-refractivity contribution in [3.8, 4) is 5.75 Å². The minimum Gasteiger partial charge on any atom is -0.496 e. The molecule has 0 aliphatic heterocycles. The van der Waals surface area contributed by atoms with Crippen LogP contribution < -0.4 is 10.1 Å². The Bertz CT molecular complexity index is 718. The van der Waals surface area contributed by atoms with Gasteiger partial charge < -0.3 is 15.0 Å². The second-order valence-electron chi connectivity index (χ2n) is 4.91. The Balaban J connectivity index is 2.05. The van der Waals surface area contributed by atoms with Gasteiger partial charge in [0.15, 0.2) is 0 Å². The maximum atomic E-state index is 12.2. The zero-order valence-corrected chi connectivity index (χ0v) is 12.9. The minimum atomic E-state index is -0.506. The summed E-state index contributed by atoms with van der Waals surface area (Å²) in [4.78, 5) is 23.9. The van der Waals surface area contributed by atoms with Gasteiger partial charge >= 0.3 is 6.03 Å². The number of para-hydroxylation sites is 1. The first-order chi connectivity index (χ1) is 11.0. The Morgan fingerprint density at radius 3 is 2.70 bits per heavy atom. The van der Waals surface area contributed by atoms with Gasteiger partial charge in [-0.3, -0.25) is 10.1 Å². The van der Waals surface area contributed by atoms with Crippen molar-refractivity contribution in [3.63, 3.8) is 0 Å². The molecule has 0 aliphatic carbocycles. The summed E-state index contributed by atoms with van der Waals surface area (Å²) in [5.41, 5.74) is 1.16. The van der Waals surface area contributed by atoms with Crippen molar-refractivity contribution in [2.24, 2.45) is 0 Å². The number of carbonyl (C=O) groups excluding carboxylic acids is 1. The molecule has 0 unspecified atom stereocenters. The first-order valence-corrected chi connectivity index (χ1v) is 6.89. The number of carbonyl (C=O) groups is 1. The maximum absolute atomic E-state index is 12.2. The van der Waals surface area contributed by atoms with Crippen LogP contribution in [0.2, 0.25) is 0 Å². The molecule has 0 fully saturated rings. The van der Waals surface area contributed by atoms with E-state index in [-0.39, 0.29) is 11.7 Å². The number of nitrogens with zero attached hydrogens (tertiary/aromatic N) is 2. The average Bonchev–Trinajstić information content (AvgIpc) is 2.55. The number of methoxy groups -OCH3 is 1. The van der Waals surface area contributed by atoms with E-state index in [1.165, 1.54) is 23.1 Å². The highest BCUT2D eigenvalue weighted by Crippen LogP contribution is 2.20. The van der Waals surface area contributed by atoms with Crippen molar-refractivity contribution in [1.82, 2.24) is 4.90 Å². The SMILES string of the molecule is COc1ccccc1CN(C)C(=O)Nc1cccc([N+](=O)[O-])c1. The highest BCUT2D eigenvalue weighted by molar-refractivity contribution is 5.89. The second-order valence-corrected chi connectivity index (χ2v) is 4.91. The molecule has 7 nitrogen and oxygen atoms in total. The number of ether oxygens (including phenoxy) is 1. The summed E-state index contributed by atoms with van der Waals surface area (Å²) in [7, 11) is 3.21. The Hall–Kier alpha value is -3.09. The number of amides is 2. The molecule has 0 saturated heterocycles. The molecule has 120 valence electrons. The topological polar surface area (TPSA) is 84.7 Å². The molecule has 0 aromatic heterocycles. The summed E-state index contributed by atoms with van der Waals surface area (Å²) in [5, 5.41) is 13.4. The smallest absolute Gasteiger partial charge is 0.321 e. The number of nitro benzene ring substituents is 1. The number of non-ortho nitro benzene ring substituents is 1. The van der Waals surface area contributed by atoms with Crippen LogP contribution >= 0.6 is 0 Å². The molecule has 0 aliphatic rings. The Labute approximate surface area is 133 Å². The Kier molecular flexibility index (Phi) is 5.14. The van der Waals surface area contributed by atoms with E-state index in [0.29, 0.717) is 18.0 Å². The third-order valence-electron chi connectivity index (χ3n) is 3.25. The van der Waals surface area contributed by atoms with E-state index in [4.69, 9.17) is 4.74 Å². The summed E-state index contributed by atoms with van der Waals surface area (Å²) in [6, 6.07) is 12.8. The third kappa shape index (κ3) is 4.19. The zero-order chi connectivity index (χ0) is 16.8. The van der Waals surface area contributed by atoms with Gasteiger partial charge in [-0.1, -0.05) is 24.3 Å². The number of nitro groups is 1. The molecule has 2 aromatic carbocycles. The van der Waals surface area contributed by atoms with Crippen molar-refractivity contribution < 1.29 is 14.5 Å². The van der Waals surface area contributed by atoms with E-state index in [0.717, 1.165) is 5.56 Å². The van der Waals surface area contributed by atoms with Gasteiger partial charge in [-0.15, -0.1) is 0 Å². The number of hydrogen-bond donors (Lipinski definition) is 1. The molecule has 0 atom stereocenters. The van der Waals surface area contributed by atoms with Crippen LogP contribution in [0.15, 0.2) is 48.5 Å². The van der Waals surface area contributed by atoms with Gasteiger partial charge in [0.1, 0.15) is 5.75 Å². The molecule has 2 amide bonds. The molecule has 0 bridgehead atoms. The summed E-state index contributed by atoms with van der Waals surface area (Å²) >= 11 is 0. The fourth-order valence-electron chi connectivity index (χ4n) is 2.08. The van der Waals surface area contributed by atoms with Crippen LogP contribution in [0, 0.1) is 10.1 Å². The van der Waals surface area contributed by atoms with Crippen LogP contribution in [0.25, 0.3) is 0 Å². The van der Waals surface area contributed by atoms with Gasteiger partial charge in [-0.05, 0) is 12.1 Å². The van der Waals surface area contributed by atoms with Gasteiger partial charge in [-0.2, -0.15) is 0 Å². The van der Waals surface area contributed by atoms with Crippen LogP contribution in [0.4, 0.5) is 16.2 Å². The van der Waals surface area contributed by atoms with Crippen LogP contribution in [-0.4, -0.2) is 30.0 Å². The first kappa shape index (κ1) is 16.3. The molecule has 7 heteroatoms. The van der Waals surface area contributed by atoms with Crippen LogP contribution in [0.3, 0.4) is 0 Å². The maximum Gasteiger partial charge on any atom is 0.321 e. The van der Waals surface area contributed by atoms with E-state index in [9.17, 15) is 14.9 Å². The molecule has 0 heterocycles. The number of rotatable bonds is 5. The van der Waals surface area contributed by atoms with E-state index in [1.54, 1.807) is 20.2 Å². The molecule has 2 rings (SSSR count). The van der Waals surface area contributed by atoms with Gasteiger partial charge in [0.05, 0.1) is 18.6 Å². The standard InChI is InChI=1S/C16H17N3O4/c1-18(11-12-6-3-4-9-15(12)23-2)16(20)17-13-7-5-8-14(10-13)19(21)22/h3-10H,11H2,1-2H3,(H,17,20). The number of anilines is 1. The van der Waals surface area contributed by atoms with E-state index in [2.05, 4.69) is 5.32 Å². The summed E-state index contributed by atoms with van der Waals surface area (Å²) in [6.45, 7) is 0.352. The lowest BCUT2D eigenvalue weighted by molar-refractivity contribution is -0.384. The fraction of sp³-hybridized carbons (Fsp3) is 0.188. The monoisotopic (exact) mass is 315 g/mol. The van der Waals surface area contributed by atoms with E-state index < -0.39 is 4.92 Å². The van der Waals surface area contributed by atoms with Crippen molar-refractivity contribution in [2.45, 2.75) is 6.54 Å². The molecule has 23 heavy (non-hydrogen) atoms. The minimum absolute atomic E-state index is 0.0739. The van der Waals surface area contributed by atoms with Crippen LogP contribution in [0.5, 0.6) is 5.75 Å². The lowest BCUT2D eigenvalue weighted by Gasteiger charge is -2.19. The molecule has 0 saturated carbocycles. The first-order valence-electron chi connectivity index (χ1n) is 6.89. The number of benzene rings is 2. The van der Waals surface area contributed by atoms with Crippen molar-refractivity contribution in [2.75, 3.05) is 19.5 Å². The third-order valence-corrected chi connectivity index (χ3v) is 3.25. The number of nitrogens with one attached hydrogen (secondary N) is 1. The van der Waals surface area contributed by atoms with Crippen molar-refractivity contribution in [1.29, 1.82) is 0 Å². The quantitative estimate of drug-likeness (QED) is 0.678. The van der Waals surface area contributed by atoms with Gasteiger partial charge in [0.2, 0.25) is 0 Å². The largest absolute Gasteiger partial charge is 0.496 e. The molecule has 0 radical (unpaired) electrons. The summed E-state index contributed by atoms with van der Waals surface area (Å²) in [5.74, 6) is 0.697. The highest BCUT2D eigenvalue weighted by Gasteiger charge is 2.13. The number of hydrogen-bond acceptors (Lipinski definition) is 4. The molecular weight excluding hydrogens is 298 g/mol. The molecule has 1 N–H and O–H groups in total. The fourth-order valence-corrected chi connectivity index (χ4v) is 2.08. The molecule has 0 spiro atoms. The van der Waals surface area contributed by atoms with Crippen molar-refractivity contribution in [3.05, 3.63) is 64.2 Å². The van der Waals surface area contributed by atoms with E-state index >= 15 is 0 Å². The Morgan fingerprint density at radius 1 is 1.26 bits per heavy atom. The van der Waals surface area contributed by atoms with Gasteiger partial charge in [0.25, 0.3) is 5.69 Å². The normalized spacial score (nSPS) is 10.0. The summed E-state index contributed by atoms with van der Waals surface area (Å²) < 4.78 is 5.25. The molecular formula is C16H17N3O4. The predicted molar refractivity (Wildman–Crippen MR) is 86.6 cm³/mol. The van der Waals surface area contributed by atoms with Crippen molar-refractivity contribution >= 4 is 17.4 Å². The average molecular weight is 315 g/mol. The van der Waals surface area contributed by atoms with Gasteiger partial charge in [-0.25, -0.2) is 4.79 Å². The lowest BCUT2D eigenvalue weighted by atomic mass is 10.2. The van der Waals surface area contributed by atoms with Gasteiger partial charge in [0, 0.05) is 30.4 Å². The number of urea groups is 1. The Morgan fingerprint density at radius 2 is 2.00 bits per heavy atom. The summed E-state index contributed by atoms with van der Waals surface area (Å²) in [6.07, 6.45) is 0.